The van der Waals surface area contributed by atoms with Crippen LogP contribution in [-0.4, -0.2) is 82.5 Å². The van der Waals surface area contributed by atoms with E-state index in [4.69, 9.17) is 9.15 Å². The third-order valence-corrected chi connectivity index (χ3v) is 24.0. The van der Waals surface area contributed by atoms with Crippen LogP contribution in [0.1, 0.15) is 116 Å². The molecule has 51 heavy (non-hydrogen) atoms. The van der Waals surface area contributed by atoms with Crippen LogP contribution in [0.15, 0.2) is 55.7 Å². The maximum absolute atomic E-state index is 13.5. The molecule has 1 saturated heterocycles. The van der Waals surface area contributed by atoms with Crippen molar-refractivity contribution in [3.8, 4) is 0 Å². The van der Waals surface area contributed by atoms with Crippen molar-refractivity contribution in [3.63, 3.8) is 0 Å². The topological polar surface area (TPSA) is 122 Å². The van der Waals surface area contributed by atoms with Crippen molar-refractivity contribution in [2.45, 2.75) is 138 Å². The molecule has 1 unspecified atom stereocenters. The second-order valence-corrected chi connectivity index (χ2v) is 28.6. The van der Waals surface area contributed by atoms with E-state index in [1.54, 1.807) is 30.4 Å². The van der Waals surface area contributed by atoms with Crippen LogP contribution in [-0.2, 0) is 20.7 Å². The van der Waals surface area contributed by atoms with Gasteiger partial charge in [-0.05, 0) is 24.2 Å². The van der Waals surface area contributed by atoms with Gasteiger partial charge < -0.3 is 14.4 Å². The van der Waals surface area contributed by atoms with Gasteiger partial charge in [-0.2, -0.15) is 0 Å². The maximum atomic E-state index is 13.5. The number of aromatic nitrogens is 1. The summed E-state index contributed by atoms with van der Waals surface area (Å²) >= 11 is 0.942. The molecule has 0 radical (unpaired) electrons. The molecule has 1 aliphatic heterocycles. The van der Waals surface area contributed by atoms with Gasteiger partial charge in [-0.15, -0.1) is 0 Å². The zero-order valence-electron chi connectivity index (χ0n) is 32.2. The minimum atomic E-state index is -2.39. The molecule has 2 heterocycles. The van der Waals surface area contributed by atoms with Crippen molar-refractivity contribution in [1.29, 1.82) is 0 Å². The number of aliphatic hydroxyl groups is 1. The fraction of sp³-hybridized carbons (Fsp3) is 0.650. The molecule has 0 spiro atoms. The Morgan fingerprint density at radius 3 is 2.33 bits per heavy atom. The Morgan fingerprint density at radius 1 is 1.10 bits per heavy atom. The fourth-order valence-electron chi connectivity index (χ4n) is 6.62. The van der Waals surface area contributed by atoms with E-state index < -0.39 is 48.5 Å². The molecule has 2 N–H and O–H groups in total. The molecule has 1 fully saturated rings. The van der Waals surface area contributed by atoms with Gasteiger partial charge in [-0.25, -0.2) is 4.98 Å². The molecule has 0 saturated carbocycles. The van der Waals surface area contributed by atoms with E-state index in [-0.39, 0.29) is 35.7 Å². The molecule has 286 valence electrons. The van der Waals surface area contributed by atoms with Crippen molar-refractivity contribution >= 4 is 52.1 Å². The van der Waals surface area contributed by atoms with Crippen LogP contribution in [0.5, 0.6) is 0 Å². The minimum absolute atomic E-state index is 0.00682. The number of likely N-dealkylation sites (tertiary alicyclic amines) is 1. The van der Waals surface area contributed by atoms with E-state index in [9.17, 15) is 19.5 Å². The van der Waals surface area contributed by atoms with E-state index in [1.807, 2.05) is 27.7 Å². The number of carbonyl (C=O) groups is 3. The standard InChI is InChI=1S/C28H37BrN3O6.3C4H9.Sn/c1-6-14-30-24(34)13-12-19(4)26(18(2)3)38-28(36)23-11-8-15-32(23)27(35)22-17-37-25(31-22)16-21(33)10-7-9-20(5)29;3*1-3-4-2;/h1,6-7,9-10,12-13,17-19,21,23,26,33H,8,11,14-16H2,2-5H3,(H,30,34);3*1,3-4H2,2H3;/b6-1?,10-7+,13-12+,20-9+;;;;/t19-,21?,23-,26-;;;;/m1..../s1. The van der Waals surface area contributed by atoms with Crippen LogP contribution in [0.25, 0.3) is 0 Å². The number of nitrogens with one attached hydrogen (secondary N) is 1. The molecule has 0 bridgehead atoms. The summed E-state index contributed by atoms with van der Waals surface area (Å²) in [6.45, 7) is 15.5. The van der Waals surface area contributed by atoms with Crippen molar-refractivity contribution < 1.29 is 28.6 Å². The Hall–Kier alpha value is -2.18. The van der Waals surface area contributed by atoms with Crippen LogP contribution in [0.4, 0.5) is 0 Å². The number of halogens is 1. The first-order valence-electron chi connectivity index (χ1n) is 19.1. The Bertz CT molecular complexity index is 1310. The molecule has 0 aromatic carbocycles. The number of nitrogens with zero attached hydrogens (tertiary/aromatic N) is 2. The number of ether oxygens (including phenoxy) is 1. The summed E-state index contributed by atoms with van der Waals surface area (Å²) in [5, 5.41) is 13.3. The van der Waals surface area contributed by atoms with Crippen molar-refractivity contribution in [1.82, 2.24) is 15.2 Å². The number of allylic oxidation sites excluding steroid dienone is 3. The van der Waals surface area contributed by atoms with E-state index in [0.29, 0.717) is 25.9 Å². The first kappa shape index (κ1) is 45.0. The van der Waals surface area contributed by atoms with Crippen LogP contribution in [0, 0.1) is 11.8 Å². The second-order valence-electron chi connectivity index (χ2n) is 14.4. The quantitative estimate of drug-likeness (QED) is 0.0488. The molecule has 4 atom stereocenters. The average Bonchev–Trinajstić information content (AvgIpc) is 3.78. The van der Waals surface area contributed by atoms with Crippen molar-refractivity contribution in [3.05, 3.63) is 62.9 Å². The van der Waals surface area contributed by atoms with Gasteiger partial charge in [-0.1, -0.05) is 34.2 Å². The summed E-state index contributed by atoms with van der Waals surface area (Å²) in [4.78, 5) is 45.5. The van der Waals surface area contributed by atoms with Gasteiger partial charge in [0.25, 0.3) is 5.91 Å². The van der Waals surface area contributed by atoms with Gasteiger partial charge in [-0.3, -0.25) is 4.79 Å². The van der Waals surface area contributed by atoms with Crippen LogP contribution < -0.4 is 5.32 Å². The van der Waals surface area contributed by atoms with Gasteiger partial charge in [0.2, 0.25) is 0 Å². The third-order valence-electron chi connectivity index (χ3n) is 9.53. The Kier molecular flexibility index (Phi) is 21.3. The number of esters is 1. The number of unbranched alkanes of at least 4 members (excludes halogenated alkanes) is 3. The number of hydrogen-bond donors (Lipinski definition) is 2. The number of oxazole rings is 1. The number of amides is 2. The summed E-state index contributed by atoms with van der Waals surface area (Å²) in [5.41, 5.74) is 0.0896. The molecule has 9 nitrogen and oxygen atoms in total. The van der Waals surface area contributed by atoms with Gasteiger partial charge in [0.15, 0.2) is 11.6 Å². The summed E-state index contributed by atoms with van der Waals surface area (Å²) in [6, 6.07) is -0.734. The van der Waals surface area contributed by atoms with E-state index in [1.165, 1.54) is 63.0 Å². The zero-order chi connectivity index (χ0) is 37.8. The normalized spacial score (nSPS) is 17.6. The fourth-order valence-corrected chi connectivity index (χ4v) is 21.2. The molecule has 1 aliphatic rings. The molecule has 1 aromatic rings. The number of rotatable bonds is 23. The van der Waals surface area contributed by atoms with Gasteiger partial charge in [0.05, 0.1) is 12.5 Å². The predicted octanol–water partition coefficient (Wildman–Crippen LogP) is 8.86. The van der Waals surface area contributed by atoms with Crippen LogP contribution >= 0.6 is 15.9 Å². The molecule has 2 amide bonds. The zero-order valence-corrected chi connectivity index (χ0v) is 36.6. The monoisotopic (exact) mass is 881 g/mol. The summed E-state index contributed by atoms with van der Waals surface area (Å²) < 4.78 is 19.2. The van der Waals surface area contributed by atoms with Crippen LogP contribution in [0.3, 0.4) is 0 Å². The summed E-state index contributed by atoms with van der Waals surface area (Å²) in [7, 11) is 0. The number of aliphatic hydroxyl groups excluding tert-OH is 1. The third kappa shape index (κ3) is 16.2. The van der Waals surface area contributed by atoms with Crippen molar-refractivity contribution in [2.75, 3.05) is 13.1 Å². The molecule has 11 heteroatoms. The molecular formula is C40H64BrN3O6Sn. The molecule has 0 aliphatic carbocycles. The predicted molar refractivity (Wildman–Crippen MR) is 212 cm³/mol. The number of hydrogen-bond acceptors (Lipinski definition) is 7. The first-order valence-corrected chi connectivity index (χ1v) is 27.6. The van der Waals surface area contributed by atoms with Crippen molar-refractivity contribution in [2.24, 2.45) is 11.8 Å². The van der Waals surface area contributed by atoms with E-state index in [0.717, 1.165) is 4.48 Å². The Morgan fingerprint density at radius 2 is 1.75 bits per heavy atom. The van der Waals surface area contributed by atoms with Gasteiger partial charge in [0, 0.05) is 6.54 Å². The molecule has 2 rings (SSSR count). The Labute approximate surface area is 319 Å². The summed E-state index contributed by atoms with van der Waals surface area (Å²) in [6.07, 6.45) is 19.6. The SMILES string of the molecule is CCC[CH2][Sn](/[CH]=C/CNC(=O)/C=C/[C@@H](C)[C@H](OC(=O)[C@H]1CCCN1C(=O)c1coc(CC(O)/C=C/C=C(\C)Br)n1)C(C)C)([CH2]CCC)[CH2]CCC. The van der Waals surface area contributed by atoms with E-state index in [2.05, 4.69) is 57.2 Å². The van der Waals surface area contributed by atoms with Gasteiger partial charge in [0.1, 0.15) is 6.26 Å². The summed E-state index contributed by atoms with van der Waals surface area (Å²) in [5.74, 6) is -1.02. The van der Waals surface area contributed by atoms with Gasteiger partial charge >= 0.3 is 196 Å². The van der Waals surface area contributed by atoms with E-state index >= 15 is 0 Å². The average molecular weight is 882 g/mol. The Balaban J connectivity index is 1.99. The van der Waals surface area contributed by atoms with Crippen LogP contribution in [0.2, 0.25) is 13.3 Å². The molecular weight excluding hydrogens is 817 g/mol. The number of carbonyl (C=O) groups excluding carboxylic acids is 3. The first-order chi connectivity index (χ1) is 24.4. The second kappa shape index (κ2) is 24.2. The molecule has 1 aromatic heterocycles.